The Kier molecular flexibility index (Phi) is 44.3. The van der Waals surface area contributed by atoms with E-state index in [0.29, 0.717) is 0 Å². The van der Waals surface area contributed by atoms with E-state index in [1.807, 2.05) is 285 Å². The Morgan fingerprint density at radius 2 is 0.568 bits per heavy atom. The van der Waals surface area contributed by atoms with Crippen LogP contribution in [0.15, 0.2) is 133 Å². The van der Waals surface area contributed by atoms with Gasteiger partial charge in [0.25, 0.3) is 0 Å². The number of hydrogen-bond donors (Lipinski definition) is 0. The fraction of sp³-hybridized carbons (Fsp3) is 0.571. The Morgan fingerprint density at radius 1 is 0.337 bits per heavy atom. The van der Waals surface area contributed by atoms with Crippen LogP contribution in [0.5, 0.6) is 0 Å². The van der Waals surface area contributed by atoms with Crippen molar-refractivity contribution in [2.45, 2.75) is 255 Å². The summed E-state index contributed by atoms with van der Waals surface area (Å²) in [6, 6.07) is 44.9. The molecule has 9 radical (unpaired) electrons. The van der Waals surface area contributed by atoms with Gasteiger partial charge in [-0.05, 0) is 169 Å². The third-order valence-corrected chi connectivity index (χ3v) is 17.5. The Hall–Kier alpha value is -5.34. The van der Waals surface area contributed by atoms with E-state index >= 15 is 0 Å². The molecule has 6 fully saturated rings. The fourth-order valence-electron chi connectivity index (χ4n) is 9.75. The van der Waals surface area contributed by atoms with Gasteiger partial charge in [-0.25, -0.2) is 0 Å². The van der Waals surface area contributed by atoms with Crippen molar-refractivity contribution in [3.8, 4) is 11.1 Å². The van der Waals surface area contributed by atoms with E-state index in [-0.39, 0.29) is 116 Å². The van der Waals surface area contributed by atoms with Crippen LogP contribution in [0.25, 0.3) is 11.1 Å². The van der Waals surface area contributed by atoms with Gasteiger partial charge in [0.05, 0.1) is 33.6 Å². The van der Waals surface area contributed by atoms with Crippen LogP contribution in [-0.4, -0.2) is 117 Å². The van der Waals surface area contributed by atoms with Crippen LogP contribution in [0.4, 0.5) is 17.1 Å². The average molecular weight is 1300 g/mol. The molecule has 3 atom stereocenters. The van der Waals surface area contributed by atoms with E-state index in [0.717, 1.165) is 61.4 Å². The molecule has 95 heavy (non-hydrogen) atoms. The van der Waals surface area contributed by atoms with E-state index in [1.54, 1.807) is 0 Å². The maximum absolute atomic E-state index is 12.1. The first-order valence-corrected chi connectivity index (χ1v) is 33.8. The molecule has 3 unspecified atom stereocenters. The molecular weight excluding hydrogens is 1180 g/mol. The topological polar surface area (TPSA) is 116 Å². The van der Waals surface area contributed by atoms with Crippen LogP contribution in [0.2, 0.25) is 0 Å². The number of amides is 3. The molecule has 6 aliphatic heterocycles. The van der Waals surface area contributed by atoms with Gasteiger partial charge < -0.3 is 42.6 Å². The average Bonchev–Trinajstić information content (AvgIpc) is 1.61. The van der Waals surface area contributed by atoms with Crippen molar-refractivity contribution in [3.05, 3.63) is 145 Å². The molecule has 0 aliphatic carbocycles. The lowest BCUT2D eigenvalue weighted by atomic mass is 9.49. The third-order valence-electron chi connectivity index (χ3n) is 17.5. The second-order valence-electron chi connectivity index (χ2n) is 25.4. The maximum atomic E-state index is 12.1. The SMILES string of the molecule is C.C.CC.CC.CC.CC.CC.CC1(C)OB(B2OC(C)(C)C(C)(C)O2)OC1(C)C.CC1CCN(c2ccc(-c3ccccc3)cc2)C1=O.CC1CCN(c2ccc(B3OC(C)(C)C(C)(C)O3)cc2)C1=O.Cc1ccc(N2CCC(C)C2=O)cc1.Cc1ccccc1.[B].[B].[B]. The third kappa shape index (κ3) is 25.8. The van der Waals surface area contributed by atoms with E-state index in [2.05, 4.69) is 50.2 Å². The molecule has 0 spiro atoms. The van der Waals surface area contributed by atoms with Crippen LogP contribution in [0, 0.1) is 31.6 Å². The number of anilines is 3. The van der Waals surface area contributed by atoms with Crippen LogP contribution < -0.4 is 20.2 Å². The summed E-state index contributed by atoms with van der Waals surface area (Å²) >= 11 is 0. The van der Waals surface area contributed by atoms with Crippen molar-refractivity contribution >= 4 is 86.6 Å². The van der Waals surface area contributed by atoms with Crippen molar-refractivity contribution in [2.24, 2.45) is 17.8 Å². The Bertz CT molecular complexity index is 2800. The zero-order valence-corrected chi connectivity index (χ0v) is 62.7. The molecule has 3 amide bonds. The van der Waals surface area contributed by atoms with Crippen molar-refractivity contribution in [3.63, 3.8) is 0 Å². The van der Waals surface area contributed by atoms with Crippen molar-refractivity contribution < 1.29 is 42.3 Å². The number of carbonyl (C=O) groups excluding carboxylic acids is 3. The summed E-state index contributed by atoms with van der Waals surface area (Å²) in [5.41, 5.74) is 6.81. The Labute approximate surface area is 588 Å². The van der Waals surface area contributed by atoms with E-state index in [9.17, 15) is 14.4 Å². The molecule has 6 saturated heterocycles. The molecule has 11 rings (SSSR count). The monoisotopic (exact) mass is 1300 g/mol. The molecule has 0 aromatic heterocycles. The fourth-order valence-corrected chi connectivity index (χ4v) is 9.75. The molecule has 0 saturated carbocycles. The van der Waals surface area contributed by atoms with Gasteiger partial charge in [-0.15, -0.1) is 0 Å². The highest BCUT2D eigenvalue weighted by atomic mass is 16.7. The molecule has 0 bridgehead atoms. The molecular formula is C77H126B6N3O9. The number of carbonyl (C=O) groups is 3. The minimum absolute atomic E-state index is 0. The predicted octanol–water partition coefficient (Wildman–Crippen LogP) is 18.0. The van der Waals surface area contributed by atoms with Gasteiger partial charge in [0, 0.05) is 79.7 Å². The molecule has 6 aliphatic rings. The molecule has 5 aromatic carbocycles. The lowest BCUT2D eigenvalue weighted by Crippen LogP contribution is -2.41. The lowest BCUT2D eigenvalue weighted by molar-refractivity contribution is -0.120. The van der Waals surface area contributed by atoms with Gasteiger partial charge in [0.2, 0.25) is 17.7 Å². The van der Waals surface area contributed by atoms with Gasteiger partial charge in [0.15, 0.2) is 0 Å². The second-order valence-corrected chi connectivity index (χ2v) is 25.4. The molecule has 0 N–H and O–H groups in total. The maximum Gasteiger partial charge on any atom is 0.494 e. The van der Waals surface area contributed by atoms with Crippen molar-refractivity contribution in [1.82, 2.24) is 0 Å². The van der Waals surface area contributed by atoms with Crippen molar-refractivity contribution in [1.29, 1.82) is 0 Å². The summed E-state index contributed by atoms with van der Waals surface area (Å²) in [6.07, 6.45) is 2.86. The number of hydrogen-bond acceptors (Lipinski definition) is 9. The van der Waals surface area contributed by atoms with Gasteiger partial charge in [-0.3, -0.25) is 14.4 Å². The van der Waals surface area contributed by atoms with E-state index in [4.69, 9.17) is 27.9 Å². The van der Waals surface area contributed by atoms with Crippen LogP contribution in [-0.2, 0) is 42.3 Å². The quantitative estimate of drug-likeness (QED) is 0.153. The summed E-state index contributed by atoms with van der Waals surface area (Å²) < 4.78 is 36.0. The normalized spacial score (nSPS) is 20.2. The number of aryl methyl sites for hydroxylation is 2. The Balaban J connectivity index is -0.000000533. The summed E-state index contributed by atoms with van der Waals surface area (Å²) in [6.45, 7) is 57.0. The smallest absolute Gasteiger partial charge is 0.405 e. The second kappa shape index (κ2) is 43.8. The summed E-state index contributed by atoms with van der Waals surface area (Å²) in [4.78, 5) is 41.4. The summed E-state index contributed by atoms with van der Waals surface area (Å²) in [5.74, 6) is 1.19. The standard InChI is InChI=1S/C17H24BNO3.C17H17NO.C12H24B2O4.C12H15NO.C7H8.5C2H6.2CH4.3B/c1-12-10-11-19(15(12)20)14-8-6-13(7-9-14)18-21-16(2,3)17(4,5)22-18;1-13-11-12-18(17(13)19)16-9-7-15(8-10-16)14-5-3-2-4-6-14;1-9(2)10(3,4)16-13(15-9)14-17-11(5,6)12(7,8)18-14;1-9-3-5-11(6-4-9)13-8-7-10(2)12(13)14;1-7-5-3-2-4-6-7;5*1-2;;;;;/h6-9,12H,10-11H2,1-5H3;2-10,13H,11-12H2,1H3;1-8H3;3-6,10H,7-8H2,1-2H3;2-6H,1H3;5*1-2H3;2*1H4;;;. The highest BCUT2D eigenvalue weighted by Gasteiger charge is 2.64. The molecule has 18 heteroatoms. The summed E-state index contributed by atoms with van der Waals surface area (Å²) in [5, 5.41) is 0. The van der Waals surface area contributed by atoms with Gasteiger partial charge in [-0.2, -0.15) is 0 Å². The number of nitrogens with zero attached hydrogens (tertiary/aromatic N) is 3. The van der Waals surface area contributed by atoms with Crippen LogP contribution in [0.1, 0.15) is 218 Å². The largest absolute Gasteiger partial charge is 0.494 e. The van der Waals surface area contributed by atoms with Crippen molar-refractivity contribution in [2.75, 3.05) is 34.3 Å². The van der Waals surface area contributed by atoms with E-state index < -0.39 is 14.0 Å². The van der Waals surface area contributed by atoms with Gasteiger partial charge in [-0.1, -0.05) is 213 Å². The molecule has 12 nitrogen and oxygen atoms in total. The number of benzene rings is 5. The summed E-state index contributed by atoms with van der Waals surface area (Å²) in [7, 11) is -1.31. The molecule has 6 heterocycles. The lowest BCUT2D eigenvalue weighted by Gasteiger charge is -2.32. The minimum atomic E-state index is -0.476. The highest BCUT2D eigenvalue weighted by Crippen LogP contribution is 2.43. The zero-order valence-electron chi connectivity index (χ0n) is 62.7. The first kappa shape index (κ1) is 96.0. The van der Waals surface area contributed by atoms with Crippen LogP contribution in [0.3, 0.4) is 0 Å². The van der Waals surface area contributed by atoms with E-state index in [1.165, 1.54) is 22.3 Å². The number of rotatable bonds is 6. The molecule has 521 valence electrons. The highest BCUT2D eigenvalue weighted by molar-refractivity contribution is 7.11. The van der Waals surface area contributed by atoms with Crippen LogP contribution >= 0.6 is 0 Å². The molecule has 5 aromatic rings. The zero-order chi connectivity index (χ0) is 68.6. The van der Waals surface area contributed by atoms with Gasteiger partial charge >= 0.3 is 21.1 Å². The minimum Gasteiger partial charge on any atom is -0.405 e. The predicted molar refractivity (Wildman–Crippen MR) is 414 cm³/mol. The first-order valence-electron chi connectivity index (χ1n) is 33.8. The Morgan fingerprint density at radius 3 is 0.821 bits per heavy atom. The first-order chi connectivity index (χ1) is 42.4. The van der Waals surface area contributed by atoms with Gasteiger partial charge in [0.1, 0.15) is 0 Å².